The van der Waals surface area contributed by atoms with Gasteiger partial charge < -0.3 is 4.57 Å². The maximum Gasteiger partial charge on any atom is 0.225 e. The topological polar surface area (TPSA) is 93.0 Å². The van der Waals surface area contributed by atoms with E-state index in [0.717, 1.165) is 25.5 Å². The number of nitrogens with zero attached hydrogens (tertiary/aromatic N) is 5. The third-order valence-electron chi connectivity index (χ3n) is 3.41. The molecule has 0 atom stereocenters. The molecule has 20 heavy (non-hydrogen) atoms. The molecule has 2 aromatic rings. The zero-order valence-electron chi connectivity index (χ0n) is 11.3. The first-order valence-electron chi connectivity index (χ1n) is 6.34. The smallest absolute Gasteiger partial charge is 0.225 e. The van der Waals surface area contributed by atoms with Crippen molar-refractivity contribution in [1.29, 1.82) is 0 Å². The van der Waals surface area contributed by atoms with Crippen LogP contribution in [-0.4, -0.2) is 40.2 Å². The van der Waals surface area contributed by atoms with Crippen molar-refractivity contribution in [1.82, 2.24) is 24.4 Å². The van der Waals surface area contributed by atoms with E-state index in [4.69, 9.17) is 0 Å². The van der Waals surface area contributed by atoms with Crippen LogP contribution in [0.1, 0.15) is 19.3 Å². The van der Waals surface area contributed by atoms with Gasteiger partial charge in [-0.05, 0) is 19.3 Å². The van der Waals surface area contributed by atoms with Gasteiger partial charge in [-0.3, -0.25) is 5.01 Å². The molecule has 9 heteroatoms. The van der Waals surface area contributed by atoms with E-state index in [2.05, 4.69) is 19.8 Å². The molecule has 0 radical (unpaired) electrons. The number of aromatic nitrogens is 4. The van der Waals surface area contributed by atoms with E-state index < -0.39 is 10.0 Å². The van der Waals surface area contributed by atoms with Crippen LogP contribution < -0.4 is 9.84 Å². The molecule has 1 fully saturated rings. The molecule has 1 aliphatic carbocycles. The van der Waals surface area contributed by atoms with Gasteiger partial charge in [-0.2, -0.15) is 0 Å². The van der Waals surface area contributed by atoms with E-state index in [0.29, 0.717) is 17.0 Å². The Morgan fingerprint density at radius 1 is 1.35 bits per heavy atom. The van der Waals surface area contributed by atoms with Crippen LogP contribution in [0.5, 0.6) is 0 Å². The number of hydrogen-bond acceptors (Lipinski definition) is 6. The van der Waals surface area contributed by atoms with Gasteiger partial charge in [-0.1, -0.05) is 0 Å². The zero-order chi connectivity index (χ0) is 14.3. The van der Waals surface area contributed by atoms with Crippen LogP contribution in [-0.2, 0) is 17.1 Å². The van der Waals surface area contributed by atoms with Gasteiger partial charge in [0.2, 0.25) is 10.0 Å². The molecule has 0 aromatic carbocycles. The van der Waals surface area contributed by atoms with Gasteiger partial charge in [0.25, 0.3) is 0 Å². The number of nitrogens with one attached hydrogen (secondary N) is 1. The van der Waals surface area contributed by atoms with Crippen LogP contribution in [0.15, 0.2) is 12.7 Å². The molecule has 3 rings (SSSR count). The highest BCUT2D eigenvalue weighted by Gasteiger charge is 2.30. The van der Waals surface area contributed by atoms with Crippen molar-refractivity contribution >= 4 is 27.0 Å². The summed E-state index contributed by atoms with van der Waals surface area (Å²) in [5.74, 6) is 0.505. The minimum Gasteiger partial charge on any atom is -0.318 e. The highest BCUT2D eigenvalue weighted by atomic mass is 32.2. The number of hydrogen-bond donors (Lipinski definition) is 1. The quantitative estimate of drug-likeness (QED) is 0.809. The molecule has 0 aliphatic heterocycles. The maximum absolute atomic E-state index is 11.6. The average molecular weight is 296 g/mol. The number of anilines is 1. The first-order chi connectivity index (χ1) is 9.46. The Bertz CT molecular complexity index is 736. The molecular formula is C11H16N6O2S. The Morgan fingerprint density at radius 3 is 2.70 bits per heavy atom. The first kappa shape index (κ1) is 13.3. The molecule has 0 saturated heterocycles. The fourth-order valence-electron chi connectivity index (χ4n) is 2.22. The number of fused-ring (bicyclic) bond motifs is 1. The van der Waals surface area contributed by atoms with Crippen molar-refractivity contribution in [3.8, 4) is 0 Å². The van der Waals surface area contributed by atoms with Gasteiger partial charge in [0, 0.05) is 13.1 Å². The Morgan fingerprint density at radius 2 is 2.10 bits per heavy atom. The molecule has 8 nitrogen and oxygen atoms in total. The van der Waals surface area contributed by atoms with Gasteiger partial charge >= 0.3 is 0 Å². The van der Waals surface area contributed by atoms with Crippen molar-refractivity contribution in [2.24, 2.45) is 7.05 Å². The fraction of sp³-hybridized carbons (Fsp3) is 0.545. The monoisotopic (exact) mass is 296 g/mol. The predicted octanol–water partition coefficient (Wildman–Crippen LogP) is 0.186. The first-order valence-corrected chi connectivity index (χ1v) is 8.23. The summed E-state index contributed by atoms with van der Waals surface area (Å²) in [5.41, 5.74) is 1.27. The van der Waals surface area contributed by atoms with Crippen LogP contribution in [0.3, 0.4) is 0 Å². The lowest BCUT2D eigenvalue weighted by atomic mass is 9.92. The fourth-order valence-corrected chi connectivity index (χ4v) is 2.82. The van der Waals surface area contributed by atoms with Gasteiger partial charge in [0.1, 0.15) is 6.33 Å². The van der Waals surface area contributed by atoms with Crippen LogP contribution in [0, 0.1) is 0 Å². The van der Waals surface area contributed by atoms with Crippen LogP contribution in [0.25, 0.3) is 11.2 Å². The van der Waals surface area contributed by atoms with Gasteiger partial charge in [0.05, 0.1) is 12.6 Å². The molecular weight excluding hydrogens is 280 g/mol. The molecule has 0 spiro atoms. The van der Waals surface area contributed by atoms with E-state index >= 15 is 0 Å². The van der Waals surface area contributed by atoms with Crippen molar-refractivity contribution in [2.45, 2.75) is 25.3 Å². The third-order valence-corrected chi connectivity index (χ3v) is 3.94. The van der Waals surface area contributed by atoms with E-state index in [9.17, 15) is 8.42 Å². The Labute approximate surface area is 116 Å². The van der Waals surface area contributed by atoms with E-state index in [1.165, 1.54) is 6.33 Å². The molecule has 2 aromatic heterocycles. The van der Waals surface area contributed by atoms with E-state index in [1.807, 2.05) is 7.05 Å². The van der Waals surface area contributed by atoms with E-state index in [-0.39, 0.29) is 6.04 Å². The van der Waals surface area contributed by atoms with Crippen LogP contribution in [0.4, 0.5) is 5.82 Å². The normalized spacial score (nSPS) is 16.3. The molecule has 0 unspecified atom stereocenters. The summed E-state index contributed by atoms with van der Waals surface area (Å²) in [7, 11) is -1.54. The second kappa shape index (κ2) is 4.67. The van der Waals surface area contributed by atoms with Crippen molar-refractivity contribution in [3.63, 3.8) is 0 Å². The molecule has 0 amide bonds. The van der Waals surface area contributed by atoms with Gasteiger partial charge in [-0.15, -0.1) is 4.83 Å². The van der Waals surface area contributed by atoms with Crippen molar-refractivity contribution in [2.75, 3.05) is 11.3 Å². The lowest BCUT2D eigenvalue weighted by Gasteiger charge is -2.37. The predicted molar refractivity (Wildman–Crippen MR) is 74.4 cm³/mol. The number of imidazole rings is 1. The minimum absolute atomic E-state index is 0.116. The van der Waals surface area contributed by atoms with Crippen molar-refractivity contribution in [3.05, 3.63) is 12.7 Å². The van der Waals surface area contributed by atoms with Gasteiger partial charge in [-0.25, -0.2) is 23.4 Å². The lowest BCUT2D eigenvalue weighted by molar-refractivity contribution is 0.375. The van der Waals surface area contributed by atoms with Crippen molar-refractivity contribution < 1.29 is 8.42 Å². The molecule has 1 N–H and O–H groups in total. The standard InChI is InChI=1S/C11H16N6O2S/c1-16-7-14-9-10(16)12-6-13-11(9)17(8-4-3-5-8)15-20(2,18)19/h6-8,15H,3-5H2,1-2H3. The summed E-state index contributed by atoms with van der Waals surface area (Å²) in [5, 5.41) is 1.61. The lowest BCUT2D eigenvalue weighted by Crippen LogP contribution is -2.51. The summed E-state index contributed by atoms with van der Waals surface area (Å²) in [6, 6.07) is 0.116. The summed E-state index contributed by atoms with van der Waals surface area (Å²) in [6.07, 6.45) is 7.15. The SMILES string of the molecule is Cn1cnc2c(N(NS(C)(=O)=O)C3CCC3)ncnc21. The van der Waals surface area contributed by atoms with Crippen LogP contribution >= 0.6 is 0 Å². The second-order valence-electron chi connectivity index (χ2n) is 5.04. The van der Waals surface area contributed by atoms with Crippen LogP contribution in [0.2, 0.25) is 0 Å². The van der Waals surface area contributed by atoms with E-state index in [1.54, 1.807) is 15.9 Å². The summed E-state index contributed by atoms with van der Waals surface area (Å²) in [6.45, 7) is 0. The Kier molecular flexibility index (Phi) is 3.09. The summed E-state index contributed by atoms with van der Waals surface area (Å²) < 4.78 is 24.9. The Hall–Kier alpha value is -1.74. The third kappa shape index (κ3) is 2.34. The minimum atomic E-state index is -3.37. The van der Waals surface area contributed by atoms with Gasteiger partial charge in [0.15, 0.2) is 17.0 Å². The zero-order valence-corrected chi connectivity index (χ0v) is 12.1. The summed E-state index contributed by atoms with van der Waals surface area (Å²) in [4.78, 5) is 15.2. The number of aryl methyl sites for hydroxylation is 1. The average Bonchev–Trinajstić information content (AvgIpc) is 2.66. The highest BCUT2D eigenvalue weighted by Crippen LogP contribution is 2.30. The molecule has 2 heterocycles. The number of sulfonamides is 1. The molecule has 0 bridgehead atoms. The number of hydrazine groups is 1. The highest BCUT2D eigenvalue weighted by molar-refractivity contribution is 7.88. The molecule has 1 aliphatic rings. The molecule has 1 saturated carbocycles. The largest absolute Gasteiger partial charge is 0.318 e. The second-order valence-corrected chi connectivity index (χ2v) is 6.77. The molecule has 108 valence electrons. The summed E-state index contributed by atoms with van der Waals surface area (Å²) >= 11 is 0. The number of rotatable bonds is 4. The Balaban J connectivity index is 2.08. The maximum atomic E-state index is 11.6.